The van der Waals surface area contributed by atoms with E-state index in [0.717, 1.165) is 0 Å². The standard InChI is InChI=1S/C10H7N3O3/c14-13(15)10-5-6-11-9(12-10)4-3-8-2-1-7-16-8/h1-7H. The summed E-state index contributed by atoms with van der Waals surface area (Å²) in [5.41, 5.74) is 0. The highest BCUT2D eigenvalue weighted by Crippen LogP contribution is 2.08. The lowest BCUT2D eigenvalue weighted by Gasteiger charge is -1.90. The Labute approximate surface area is 90.4 Å². The van der Waals surface area contributed by atoms with Crippen LogP contribution in [0.2, 0.25) is 0 Å². The van der Waals surface area contributed by atoms with Gasteiger partial charge >= 0.3 is 5.82 Å². The largest absolute Gasteiger partial charge is 0.465 e. The van der Waals surface area contributed by atoms with E-state index >= 15 is 0 Å². The summed E-state index contributed by atoms with van der Waals surface area (Å²) >= 11 is 0. The number of hydrogen-bond donors (Lipinski definition) is 0. The highest BCUT2D eigenvalue weighted by atomic mass is 16.6. The van der Waals surface area contributed by atoms with Gasteiger partial charge in [-0.25, -0.2) is 4.98 Å². The summed E-state index contributed by atoms with van der Waals surface area (Å²) in [6.45, 7) is 0. The van der Waals surface area contributed by atoms with Gasteiger partial charge in [-0.2, -0.15) is 0 Å². The fourth-order valence-electron chi connectivity index (χ4n) is 1.09. The van der Waals surface area contributed by atoms with Crippen molar-refractivity contribution in [1.29, 1.82) is 0 Å². The predicted octanol–water partition coefficient (Wildman–Crippen LogP) is 2.15. The highest BCUT2D eigenvalue weighted by molar-refractivity contribution is 5.63. The van der Waals surface area contributed by atoms with E-state index in [1.165, 1.54) is 18.5 Å². The summed E-state index contributed by atoms with van der Waals surface area (Å²) in [4.78, 5) is 17.5. The van der Waals surface area contributed by atoms with Gasteiger partial charge in [0, 0.05) is 12.3 Å². The van der Waals surface area contributed by atoms with Gasteiger partial charge in [-0.15, -0.1) is 0 Å². The number of nitrogens with zero attached hydrogens (tertiary/aromatic N) is 3. The van der Waals surface area contributed by atoms with Crippen LogP contribution in [0.25, 0.3) is 12.2 Å². The van der Waals surface area contributed by atoms with Crippen molar-refractivity contribution in [3.05, 3.63) is 52.4 Å². The van der Waals surface area contributed by atoms with Crippen LogP contribution in [0.5, 0.6) is 0 Å². The summed E-state index contributed by atoms with van der Waals surface area (Å²) < 4.78 is 5.06. The molecule has 2 aromatic rings. The van der Waals surface area contributed by atoms with Gasteiger partial charge in [0.1, 0.15) is 5.76 Å². The molecule has 0 aliphatic heterocycles. The molecule has 80 valence electrons. The molecule has 0 aliphatic carbocycles. The second kappa shape index (κ2) is 4.35. The molecule has 0 aromatic carbocycles. The van der Waals surface area contributed by atoms with Crippen molar-refractivity contribution in [2.45, 2.75) is 0 Å². The van der Waals surface area contributed by atoms with Gasteiger partial charge in [0.05, 0.1) is 12.3 Å². The SMILES string of the molecule is O=[N+]([O-])c1ccnc(C=Cc2ccco2)n1. The fourth-order valence-corrected chi connectivity index (χ4v) is 1.09. The Hall–Kier alpha value is -2.50. The summed E-state index contributed by atoms with van der Waals surface area (Å²) in [5.74, 6) is 0.676. The third-order valence-corrected chi connectivity index (χ3v) is 1.79. The first kappa shape index (κ1) is 10.0. The Morgan fingerprint density at radius 3 is 2.94 bits per heavy atom. The van der Waals surface area contributed by atoms with Crippen LogP contribution in [0.4, 0.5) is 5.82 Å². The first-order chi connectivity index (χ1) is 7.75. The summed E-state index contributed by atoms with van der Waals surface area (Å²) in [7, 11) is 0. The van der Waals surface area contributed by atoms with Crippen molar-refractivity contribution in [3.8, 4) is 0 Å². The zero-order chi connectivity index (χ0) is 11.4. The molecule has 0 spiro atoms. The van der Waals surface area contributed by atoms with Gasteiger partial charge in [0.15, 0.2) is 0 Å². The van der Waals surface area contributed by atoms with Crippen LogP contribution in [0.1, 0.15) is 11.6 Å². The lowest BCUT2D eigenvalue weighted by molar-refractivity contribution is -0.389. The van der Waals surface area contributed by atoms with E-state index in [1.807, 2.05) is 0 Å². The molecule has 0 atom stereocenters. The molecular weight excluding hydrogens is 210 g/mol. The van der Waals surface area contributed by atoms with Crippen molar-refractivity contribution in [3.63, 3.8) is 0 Å². The molecule has 2 rings (SSSR count). The van der Waals surface area contributed by atoms with Crippen LogP contribution < -0.4 is 0 Å². The average molecular weight is 217 g/mol. The van der Waals surface area contributed by atoms with Crippen molar-refractivity contribution in [2.75, 3.05) is 0 Å². The maximum absolute atomic E-state index is 10.5. The Kier molecular flexibility index (Phi) is 2.73. The van der Waals surface area contributed by atoms with Crippen LogP contribution in [-0.2, 0) is 0 Å². The smallest absolute Gasteiger partial charge is 0.367 e. The van der Waals surface area contributed by atoms with Gasteiger partial charge in [0.25, 0.3) is 5.82 Å². The van der Waals surface area contributed by atoms with Crippen molar-refractivity contribution >= 4 is 18.0 Å². The minimum atomic E-state index is -0.564. The van der Waals surface area contributed by atoms with E-state index in [1.54, 1.807) is 24.3 Å². The Morgan fingerprint density at radius 2 is 2.25 bits per heavy atom. The van der Waals surface area contributed by atoms with Crippen LogP contribution in [0, 0.1) is 10.1 Å². The van der Waals surface area contributed by atoms with Gasteiger partial charge in [-0.1, -0.05) is 0 Å². The average Bonchev–Trinajstić information content (AvgIpc) is 2.79. The quantitative estimate of drug-likeness (QED) is 0.581. The number of nitro groups is 1. The molecule has 2 aromatic heterocycles. The minimum absolute atomic E-state index is 0.228. The van der Waals surface area contributed by atoms with E-state index < -0.39 is 4.92 Å². The van der Waals surface area contributed by atoms with Gasteiger partial charge < -0.3 is 14.5 Å². The Balaban J connectivity index is 2.22. The maximum Gasteiger partial charge on any atom is 0.367 e. The molecule has 6 heteroatoms. The predicted molar refractivity (Wildman–Crippen MR) is 56.3 cm³/mol. The molecule has 0 bridgehead atoms. The highest BCUT2D eigenvalue weighted by Gasteiger charge is 2.07. The molecule has 0 fully saturated rings. The molecule has 0 N–H and O–H groups in total. The van der Waals surface area contributed by atoms with E-state index in [4.69, 9.17) is 4.42 Å². The Morgan fingerprint density at radius 1 is 1.38 bits per heavy atom. The van der Waals surface area contributed by atoms with Crippen molar-refractivity contribution < 1.29 is 9.34 Å². The molecule has 0 saturated carbocycles. The molecule has 0 unspecified atom stereocenters. The van der Waals surface area contributed by atoms with Gasteiger partial charge in [-0.05, 0) is 28.1 Å². The maximum atomic E-state index is 10.5. The molecule has 0 aliphatic rings. The third kappa shape index (κ3) is 2.30. The fraction of sp³-hybridized carbons (Fsp3) is 0. The number of hydrogen-bond acceptors (Lipinski definition) is 5. The van der Waals surface area contributed by atoms with E-state index in [0.29, 0.717) is 5.76 Å². The molecule has 2 heterocycles. The van der Waals surface area contributed by atoms with Crippen LogP contribution in [-0.4, -0.2) is 14.9 Å². The van der Waals surface area contributed by atoms with Crippen molar-refractivity contribution in [1.82, 2.24) is 9.97 Å². The third-order valence-electron chi connectivity index (χ3n) is 1.79. The van der Waals surface area contributed by atoms with E-state index in [2.05, 4.69) is 9.97 Å². The van der Waals surface area contributed by atoms with Crippen LogP contribution in [0.15, 0.2) is 35.1 Å². The number of furan rings is 1. The molecule has 0 radical (unpaired) electrons. The molecular formula is C10H7N3O3. The van der Waals surface area contributed by atoms with Crippen LogP contribution >= 0.6 is 0 Å². The lowest BCUT2D eigenvalue weighted by Crippen LogP contribution is -1.94. The second-order valence-corrected chi connectivity index (χ2v) is 2.88. The zero-order valence-corrected chi connectivity index (χ0v) is 8.11. The minimum Gasteiger partial charge on any atom is -0.465 e. The topological polar surface area (TPSA) is 82.1 Å². The first-order valence-corrected chi connectivity index (χ1v) is 4.45. The molecule has 6 nitrogen and oxygen atoms in total. The monoisotopic (exact) mass is 217 g/mol. The summed E-state index contributed by atoms with van der Waals surface area (Å²) in [6, 6.07) is 4.74. The molecule has 0 saturated heterocycles. The van der Waals surface area contributed by atoms with Crippen molar-refractivity contribution in [2.24, 2.45) is 0 Å². The van der Waals surface area contributed by atoms with Gasteiger partial charge in [-0.3, -0.25) is 0 Å². The molecule has 16 heavy (non-hydrogen) atoms. The Bertz CT molecular complexity index is 520. The number of aromatic nitrogens is 2. The van der Waals surface area contributed by atoms with E-state index in [-0.39, 0.29) is 11.6 Å². The van der Waals surface area contributed by atoms with Gasteiger partial charge in [0.2, 0.25) is 0 Å². The molecule has 0 amide bonds. The zero-order valence-electron chi connectivity index (χ0n) is 8.11. The first-order valence-electron chi connectivity index (χ1n) is 4.45. The second-order valence-electron chi connectivity index (χ2n) is 2.88. The summed E-state index contributed by atoms with van der Waals surface area (Å²) in [5, 5.41) is 10.5. The van der Waals surface area contributed by atoms with Crippen LogP contribution in [0.3, 0.4) is 0 Å². The normalized spacial score (nSPS) is 10.8. The lowest BCUT2D eigenvalue weighted by atomic mass is 10.4. The van der Waals surface area contributed by atoms with E-state index in [9.17, 15) is 10.1 Å². The summed E-state index contributed by atoms with van der Waals surface area (Å²) in [6.07, 6.45) is 6.06. The number of rotatable bonds is 3.